The number of benzene rings is 2. The molecule has 1 N–H and O–H groups in total. The van der Waals surface area contributed by atoms with Crippen molar-refractivity contribution in [2.24, 2.45) is 4.99 Å². The molecule has 0 aromatic heterocycles. The van der Waals surface area contributed by atoms with Crippen LogP contribution in [0.15, 0.2) is 41.4 Å². The van der Waals surface area contributed by atoms with Crippen LogP contribution in [0, 0.1) is 13.8 Å². The molecule has 0 unspecified atom stereocenters. The Morgan fingerprint density at radius 2 is 1.93 bits per heavy atom. The SMILES string of the molecule is Cc1ccc(NC(=O)C[C@H]2SC(=Nc3ccc(Cl)cc3C)N(C)C2=O)cc1Cl. The molecule has 0 spiro atoms. The third kappa shape index (κ3) is 4.69. The van der Waals surface area contributed by atoms with Gasteiger partial charge in [-0.3, -0.25) is 14.5 Å². The summed E-state index contributed by atoms with van der Waals surface area (Å²) in [5.41, 5.74) is 3.20. The topological polar surface area (TPSA) is 61.8 Å². The van der Waals surface area contributed by atoms with E-state index in [1.54, 1.807) is 25.2 Å². The third-order valence-electron chi connectivity index (χ3n) is 4.34. The quantitative estimate of drug-likeness (QED) is 0.717. The monoisotopic (exact) mass is 435 g/mol. The van der Waals surface area contributed by atoms with Crippen molar-refractivity contribution in [1.82, 2.24) is 4.90 Å². The molecular formula is C20H19Cl2N3O2S. The number of thioether (sulfide) groups is 1. The summed E-state index contributed by atoms with van der Waals surface area (Å²) in [5.74, 6) is -0.393. The van der Waals surface area contributed by atoms with Gasteiger partial charge in [0.25, 0.3) is 0 Å². The molecule has 0 radical (unpaired) electrons. The molecule has 0 saturated carbocycles. The van der Waals surface area contributed by atoms with E-state index in [1.165, 1.54) is 16.7 Å². The van der Waals surface area contributed by atoms with Crippen LogP contribution >= 0.6 is 35.0 Å². The molecule has 0 bridgehead atoms. The zero-order valence-corrected chi connectivity index (χ0v) is 18.0. The molecule has 28 heavy (non-hydrogen) atoms. The number of amidine groups is 1. The molecule has 5 nitrogen and oxygen atoms in total. The van der Waals surface area contributed by atoms with Crippen LogP contribution in [0.25, 0.3) is 0 Å². The summed E-state index contributed by atoms with van der Waals surface area (Å²) in [7, 11) is 1.66. The normalized spacial score (nSPS) is 18.0. The number of aryl methyl sites for hydroxylation is 2. The fourth-order valence-corrected chi connectivity index (χ4v) is 4.25. The number of hydrogen-bond donors (Lipinski definition) is 1. The number of rotatable bonds is 4. The highest BCUT2D eigenvalue weighted by molar-refractivity contribution is 8.15. The first-order valence-electron chi connectivity index (χ1n) is 8.59. The van der Waals surface area contributed by atoms with Crippen LogP contribution < -0.4 is 5.32 Å². The first-order valence-corrected chi connectivity index (χ1v) is 10.2. The van der Waals surface area contributed by atoms with Gasteiger partial charge in [-0.25, -0.2) is 4.99 Å². The minimum absolute atomic E-state index is 0.0535. The van der Waals surface area contributed by atoms with E-state index in [0.717, 1.165) is 16.8 Å². The van der Waals surface area contributed by atoms with Gasteiger partial charge >= 0.3 is 0 Å². The van der Waals surface area contributed by atoms with Crippen molar-refractivity contribution < 1.29 is 9.59 Å². The van der Waals surface area contributed by atoms with Gasteiger partial charge in [-0.05, 0) is 55.3 Å². The van der Waals surface area contributed by atoms with Gasteiger partial charge in [-0.15, -0.1) is 0 Å². The van der Waals surface area contributed by atoms with Crippen LogP contribution in [-0.4, -0.2) is 34.2 Å². The Morgan fingerprint density at radius 1 is 1.18 bits per heavy atom. The molecular weight excluding hydrogens is 417 g/mol. The molecule has 2 aromatic carbocycles. The van der Waals surface area contributed by atoms with E-state index in [1.807, 2.05) is 32.0 Å². The first kappa shape index (κ1) is 20.7. The maximum absolute atomic E-state index is 12.5. The van der Waals surface area contributed by atoms with Crippen molar-refractivity contribution in [2.75, 3.05) is 12.4 Å². The average molecular weight is 436 g/mol. The number of amides is 2. The van der Waals surface area contributed by atoms with Crippen LogP contribution in [-0.2, 0) is 9.59 Å². The van der Waals surface area contributed by atoms with E-state index >= 15 is 0 Å². The van der Waals surface area contributed by atoms with Gasteiger partial charge in [-0.2, -0.15) is 0 Å². The lowest BCUT2D eigenvalue weighted by atomic mass is 10.2. The number of carbonyl (C=O) groups is 2. The van der Waals surface area contributed by atoms with Gasteiger partial charge in [-0.1, -0.05) is 41.0 Å². The second-order valence-electron chi connectivity index (χ2n) is 6.55. The average Bonchev–Trinajstić information content (AvgIpc) is 2.88. The predicted molar refractivity (Wildman–Crippen MR) is 117 cm³/mol. The molecule has 3 rings (SSSR count). The molecule has 1 fully saturated rings. The van der Waals surface area contributed by atoms with Crippen molar-refractivity contribution in [3.05, 3.63) is 57.6 Å². The Labute approximate surface area is 178 Å². The minimum Gasteiger partial charge on any atom is -0.326 e. The molecule has 2 amide bonds. The molecule has 1 aliphatic rings. The van der Waals surface area contributed by atoms with E-state index in [9.17, 15) is 9.59 Å². The second-order valence-corrected chi connectivity index (χ2v) is 8.56. The highest BCUT2D eigenvalue weighted by Gasteiger charge is 2.37. The molecule has 0 aliphatic carbocycles. The third-order valence-corrected chi connectivity index (χ3v) is 6.21. The maximum atomic E-state index is 12.5. The maximum Gasteiger partial charge on any atom is 0.242 e. The number of nitrogens with one attached hydrogen (secondary N) is 1. The van der Waals surface area contributed by atoms with Crippen molar-refractivity contribution >= 4 is 63.3 Å². The van der Waals surface area contributed by atoms with E-state index in [2.05, 4.69) is 10.3 Å². The Kier molecular flexibility index (Phi) is 6.33. The molecule has 8 heteroatoms. The Morgan fingerprint density at radius 3 is 2.61 bits per heavy atom. The predicted octanol–water partition coefficient (Wildman–Crippen LogP) is 5.20. The van der Waals surface area contributed by atoms with Gasteiger partial charge in [0.05, 0.1) is 5.69 Å². The first-order chi connectivity index (χ1) is 13.2. The largest absolute Gasteiger partial charge is 0.326 e. The van der Waals surface area contributed by atoms with Gasteiger partial charge in [0.1, 0.15) is 5.25 Å². The summed E-state index contributed by atoms with van der Waals surface area (Å²) in [4.78, 5) is 31.0. The highest BCUT2D eigenvalue weighted by atomic mass is 35.5. The molecule has 146 valence electrons. The Hall–Kier alpha value is -2.02. The summed E-state index contributed by atoms with van der Waals surface area (Å²) >= 11 is 13.4. The van der Waals surface area contributed by atoms with E-state index < -0.39 is 5.25 Å². The smallest absolute Gasteiger partial charge is 0.242 e. The number of carbonyl (C=O) groups excluding carboxylic acids is 2. The number of halogens is 2. The Balaban J connectivity index is 1.69. The summed E-state index contributed by atoms with van der Waals surface area (Å²) in [5, 5.41) is 4.05. The van der Waals surface area contributed by atoms with Crippen molar-refractivity contribution in [3.63, 3.8) is 0 Å². The Bertz CT molecular complexity index is 978. The van der Waals surface area contributed by atoms with Gasteiger partial charge in [0, 0.05) is 29.2 Å². The molecule has 1 saturated heterocycles. The van der Waals surface area contributed by atoms with Crippen LogP contribution in [0.3, 0.4) is 0 Å². The van der Waals surface area contributed by atoms with Crippen LogP contribution in [0.2, 0.25) is 10.0 Å². The van der Waals surface area contributed by atoms with Crippen molar-refractivity contribution in [2.45, 2.75) is 25.5 Å². The number of hydrogen-bond acceptors (Lipinski definition) is 4. The van der Waals surface area contributed by atoms with Gasteiger partial charge in [0.2, 0.25) is 11.8 Å². The lowest BCUT2D eigenvalue weighted by Crippen LogP contribution is -2.30. The lowest BCUT2D eigenvalue weighted by molar-refractivity contribution is -0.127. The number of anilines is 1. The second kappa shape index (κ2) is 8.55. The van der Waals surface area contributed by atoms with Crippen molar-refractivity contribution in [1.29, 1.82) is 0 Å². The van der Waals surface area contributed by atoms with Crippen LogP contribution in [0.4, 0.5) is 11.4 Å². The van der Waals surface area contributed by atoms with Gasteiger partial charge < -0.3 is 5.32 Å². The molecule has 2 aromatic rings. The number of aliphatic imine (C=N–C) groups is 1. The van der Waals surface area contributed by atoms with E-state index in [-0.39, 0.29) is 18.2 Å². The van der Waals surface area contributed by atoms with E-state index in [0.29, 0.717) is 20.9 Å². The fraction of sp³-hybridized carbons (Fsp3) is 0.250. The van der Waals surface area contributed by atoms with Crippen LogP contribution in [0.5, 0.6) is 0 Å². The highest BCUT2D eigenvalue weighted by Crippen LogP contribution is 2.32. The van der Waals surface area contributed by atoms with E-state index in [4.69, 9.17) is 23.2 Å². The van der Waals surface area contributed by atoms with Gasteiger partial charge in [0.15, 0.2) is 5.17 Å². The lowest BCUT2D eigenvalue weighted by Gasteiger charge is -2.10. The fourth-order valence-electron chi connectivity index (χ4n) is 2.70. The molecule has 1 atom stereocenters. The molecule has 1 aliphatic heterocycles. The summed E-state index contributed by atoms with van der Waals surface area (Å²) in [6.07, 6.45) is 0.0535. The van der Waals surface area contributed by atoms with Crippen LogP contribution in [0.1, 0.15) is 17.5 Å². The summed E-state index contributed by atoms with van der Waals surface area (Å²) in [6, 6.07) is 10.7. The van der Waals surface area contributed by atoms with Crippen molar-refractivity contribution in [3.8, 4) is 0 Å². The summed E-state index contributed by atoms with van der Waals surface area (Å²) < 4.78 is 0. The summed E-state index contributed by atoms with van der Waals surface area (Å²) in [6.45, 7) is 3.80. The zero-order chi connectivity index (χ0) is 20.4. The minimum atomic E-state index is -0.516. The molecule has 1 heterocycles. The standard InChI is InChI=1S/C20H19Cl2N3O2S/c1-11-4-6-14(9-15(11)22)23-18(26)10-17-19(27)25(3)20(28-17)24-16-7-5-13(21)8-12(16)2/h4-9,17H,10H2,1-3H3,(H,23,26)/t17-/m1/s1. The zero-order valence-electron chi connectivity index (χ0n) is 15.6. The number of nitrogens with zero attached hydrogens (tertiary/aromatic N) is 2.